The fourth-order valence-electron chi connectivity index (χ4n) is 6.42. The fraction of sp³-hybridized carbons (Fsp3) is 0.700. The lowest BCUT2D eigenvalue weighted by atomic mass is 9.45. The summed E-state index contributed by atoms with van der Waals surface area (Å²) in [5, 5.41) is 0. The second-order valence-corrected chi connectivity index (χ2v) is 9.13. The van der Waals surface area contributed by atoms with E-state index in [2.05, 4.69) is 26.8 Å². The third-order valence-electron chi connectivity index (χ3n) is 7.82. The molecule has 5 atom stereocenters. The van der Waals surface area contributed by atoms with Crippen molar-refractivity contribution in [2.45, 2.75) is 65.1 Å². The van der Waals surface area contributed by atoms with E-state index in [1.54, 1.807) is 0 Å². The smallest absolute Gasteiger partial charge is 0.339 e. The van der Waals surface area contributed by atoms with Gasteiger partial charge in [0, 0.05) is 28.9 Å². The zero-order chi connectivity index (χ0) is 17.1. The summed E-state index contributed by atoms with van der Waals surface area (Å²) >= 11 is 0. The molecule has 2 heterocycles. The Hall–Kier alpha value is -1.42. The number of esters is 1. The van der Waals surface area contributed by atoms with Gasteiger partial charge in [-0.25, -0.2) is 4.79 Å². The van der Waals surface area contributed by atoms with Crippen LogP contribution in [0.5, 0.6) is 0 Å². The van der Waals surface area contributed by atoms with Crippen LogP contribution in [0.2, 0.25) is 0 Å². The van der Waals surface area contributed by atoms with Gasteiger partial charge in [-0.2, -0.15) is 0 Å². The van der Waals surface area contributed by atoms with E-state index in [1.165, 1.54) is 0 Å². The largest absolute Gasteiger partial charge is 0.423 e. The van der Waals surface area contributed by atoms with Gasteiger partial charge < -0.3 is 9.47 Å². The van der Waals surface area contributed by atoms with Gasteiger partial charge in [0.2, 0.25) is 0 Å². The standard InChI is InChI=1S/C20H24O4/c1-10-15-11(23-17(10)22)9-13-19(4)7-6-14(21)18(2,3)12(19)5-8-20(13)16(15)24-20/h9,12-13,16H,5-8H2,1-4H3/t12-,13+,16-,19-,20+/m1/s1. The molecule has 0 aromatic carbocycles. The molecule has 1 spiro atoms. The lowest BCUT2D eigenvalue weighted by Gasteiger charge is -2.58. The van der Waals surface area contributed by atoms with Crippen LogP contribution >= 0.6 is 0 Å². The van der Waals surface area contributed by atoms with E-state index >= 15 is 0 Å². The second kappa shape index (κ2) is 4.04. The van der Waals surface area contributed by atoms with Crippen molar-refractivity contribution in [2.24, 2.45) is 22.7 Å². The maximum absolute atomic E-state index is 12.5. The van der Waals surface area contributed by atoms with Crippen molar-refractivity contribution in [3.05, 3.63) is 23.0 Å². The first-order valence-corrected chi connectivity index (χ1v) is 9.08. The van der Waals surface area contributed by atoms with Crippen molar-refractivity contribution in [3.8, 4) is 0 Å². The first kappa shape index (κ1) is 14.9. The minimum atomic E-state index is -0.282. The van der Waals surface area contributed by atoms with Crippen LogP contribution in [0.4, 0.5) is 0 Å². The maximum atomic E-state index is 12.5. The summed E-state index contributed by atoms with van der Waals surface area (Å²) in [5.74, 6) is 1.45. The summed E-state index contributed by atoms with van der Waals surface area (Å²) in [5.41, 5.74) is 1.25. The van der Waals surface area contributed by atoms with Gasteiger partial charge in [-0.05, 0) is 43.6 Å². The molecule has 0 aromatic rings. The lowest BCUT2D eigenvalue weighted by Crippen LogP contribution is -2.58. The summed E-state index contributed by atoms with van der Waals surface area (Å²) in [7, 11) is 0. The summed E-state index contributed by atoms with van der Waals surface area (Å²) in [4.78, 5) is 24.5. The molecular weight excluding hydrogens is 304 g/mol. The Bertz CT molecular complexity index is 758. The number of rotatable bonds is 0. The number of fused-ring (bicyclic) bond motifs is 4. The molecule has 24 heavy (non-hydrogen) atoms. The molecule has 128 valence electrons. The van der Waals surface area contributed by atoms with Crippen LogP contribution < -0.4 is 0 Å². The third-order valence-corrected chi connectivity index (χ3v) is 7.82. The number of hydrogen-bond donors (Lipinski definition) is 0. The van der Waals surface area contributed by atoms with Crippen LogP contribution in [0, 0.1) is 22.7 Å². The Labute approximate surface area is 142 Å². The van der Waals surface area contributed by atoms with Gasteiger partial charge in [0.1, 0.15) is 23.2 Å². The van der Waals surface area contributed by atoms with Gasteiger partial charge in [-0.3, -0.25) is 4.79 Å². The quantitative estimate of drug-likeness (QED) is 0.506. The van der Waals surface area contributed by atoms with Crippen LogP contribution in [0.1, 0.15) is 53.4 Å². The van der Waals surface area contributed by atoms with Gasteiger partial charge in [0.15, 0.2) is 0 Å². The van der Waals surface area contributed by atoms with Crippen molar-refractivity contribution in [3.63, 3.8) is 0 Å². The van der Waals surface area contributed by atoms with Crippen molar-refractivity contribution >= 4 is 11.8 Å². The van der Waals surface area contributed by atoms with Crippen LogP contribution in [-0.2, 0) is 19.1 Å². The number of carbonyl (C=O) groups is 2. The minimum absolute atomic E-state index is 0.00691. The molecule has 4 heteroatoms. The van der Waals surface area contributed by atoms with Crippen molar-refractivity contribution in [1.82, 2.24) is 0 Å². The van der Waals surface area contributed by atoms with Crippen LogP contribution in [0.3, 0.4) is 0 Å². The number of epoxide rings is 1. The maximum Gasteiger partial charge on any atom is 0.339 e. The zero-order valence-corrected chi connectivity index (χ0v) is 14.8. The van der Waals surface area contributed by atoms with E-state index in [9.17, 15) is 9.59 Å². The molecule has 2 saturated carbocycles. The van der Waals surface area contributed by atoms with Gasteiger partial charge in [-0.1, -0.05) is 20.8 Å². The summed E-state index contributed by atoms with van der Waals surface area (Å²) in [6.45, 7) is 8.39. The van der Waals surface area contributed by atoms with E-state index < -0.39 is 0 Å². The highest BCUT2D eigenvalue weighted by Gasteiger charge is 2.74. The molecule has 5 rings (SSSR count). The predicted octanol–water partition coefficient (Wildman–Crippen LogP) is 3.32. The van der Waals surface area contributed by atoms with E-state index in [0.29, 0.717) is 23.7 Å². The topological polar surface area (TPSA) is 55.9 Å². The molecule has 0 bridgehead atoms. The number of ketones is 1. The second-order valence-electron chi connectivity index (χ2n) is 9.13. The first-order chi connectivity index (χ1) is 11.2. The number of hydrogen-bond acceptors (Lipinski definition) is 4. The Morgan fingerprint density at radius 1 is 1.17 bits per heavy atom. The van der Waals surface area contributed by atoms with E-state index in [4.69, 9.17) is 9.47 Å². The average molecular weight is 328 g/mol. The van der Waals surface area contributed by atoms with Crippen molar-refractivity contribution < 1.29 is 19.1 Å². The summed E-state index contributed by atoms with van der Waals surface area (Å²) in [6, 6.07) is 0. The molecule has 0 amide bonds. The molecule has 3 fully saturated rings. The average Bonchev–Trinajstić information content (AvgIpc) is 3.16. The molecule has 0 unspecified atom stereocenters. The molecule has 1 saturated heterocycles. The first-order valence-electron chi connectivity index (χ1n) is 9.08. The van der Waals surface area contributed by atoms with Gasteiger partial charge in [0.25, 0.3) is 0 Å². The van der Waals surface area contributed by atoms with Crippen LogP contribution in [0.25, 0.3) is 0 Å². The molecule has 2 aliphatic heterocycles. The van der Waals surface area contributed by atoms with E-state index in [-0.39, 0.29) is 34.4 Å². The van der Waals surface area contributed by atoms with E-state index in [1.807, 2.05) is 6.92 Å². The highest BCUT2D eigenvalue weighted by atomic mass is 16.6. The number of carbonyl (C=O) groups excluding carboxylic acids is 2. The third kappa shape index (κ3) is 1.46. The zero-order valence-electron chi connectivity index (χ0n) is 14.8. The number of ether oxygens (including phenoxy) is 2. The molecule has 3 aliphatic carbocycles. The Kier molecular flexibility index (Phi) is 2.50. The fourth-order valence-corrected chi connectivity index (χ4v) is 6.42. The molecule has 0 N–H and O–H groups in total. The van der Waals surface area contributed by atoms with Gasteiger partial charge in [-0.15, -0.1) is 0 Å². The number of Topliss-reactive ketones (excluding diaryl/α,β-unsaturated/α-hetero) is 1. The summed E-state index contributed by atoms with van der Waals surface area (Å²) < 4.78 is 11.8. The van der Waals surface area contributed by atoms with Crippen molar-refractivity contribution in [2.75, 3.05) is 0 Å². The van der Waals surface area contributed by atoms with Gasteiger partial charge >= 0.3 is 5.97 Å². The highest BCUT2D eigenvalue weighted by molar-refractivity contribution is 5.95. The lowest BCUT2D eigenvalue weighted by molar-refractivity contribution is -0.149. The molecule has 4 nitrogen and oxygen atoms in total. The predicted molar refractivity (Wildman–Crippen MR) is 86.8 cm³/mol. The van der Waals surface area contributed by atoms with Crippen LogP contribution in [-0.4, -0.2) is 23.5 Å². The molecular formula is C20H24O4. The minimum Gasteiger partial charge on any atom is -0.423 e. The Balaban J connectivity index is 1.64. The Morgan fingerprint density at radius 3 is 2.67 bits per heavy atom. The monoisotopic (exact) mass is 328 g/mol. The Morgan fingerprint density at radius 2 is 1.92 bits per heavy atom. The van der Waals surface area contributed by atoms with E-state index in [0.717, 1.165) is 30.6 Å². The molecule has 0 radical (unpaired) electrons. The summed E-state index contributed by atoms with van der Waals surface area (Å²) in [6.07, 6.45) is 5.69. The van der Waals surface area contributed by atoms with Gasteiger partial charge in [0.05, 0.1) is 0 Å². The van der Waals surface area contributed by atoms with Crippen molar-refractivity contribution in [1.29, 1.82) is 0 Å². The normalized spacial score (nSPS) is 48.0. The van der Waals surface area contributed by atoms with Crippen LogP contribution in [0.15, 0.2) is 23.0 Å². The molecule has 5 aliphatic rings. The highest BCUT2D eigenvalue weighted by Crippen LogP contribution is 2.70. The SMILES string of the molecule is CC1=C2C(=C[C@H]3[C@]4(C)CCC(=O)C(C)(C)[C@H]4CC[C@]34O[C@H]24)OC1=O. The molecule has 0 aromatic heterocycles.